The van der Waals surface area contributed by atoms with Gasteiger partial charge in [0, 0.05) is 27.4 Å². The second kappa shape index (κ2) is 10.3. The summed E-state index contributed by atoms with van der Waals surface area (Å²) in [7, 11) is -4.07. The van der Waals surface area contributed by atoms with Gasteiger partial charge in [-0.15, -0.1) is 10.2 Å². The number of phenolic OH excluding ortho intramolecular Hbond substituents is 1. The minimum Gasteiger partial charge on any atom is -0.505 e. The first-order valence-electron chi connectivity index (χ1n) is 10.4. The number of carbonyl (C=O) groups is 1. The molecule has 1 amide bonds. The van der Waals surface area contributed by atoms with Gasteiger partial charge in [0.2, 0.25) is 0 Å². The van der Waals surface area contributed by atoms with Gasteiger partial charge in [-0.25, -0.2) is 8.42 Å². The summed E-state index contributed by atoms with van der Waals surface area (Å²) in [6.07, 6.45) is 0. The summed E-state index contributed by atoms with van der Waals surface area (Å²) in [5.74, 6) is -1.59. The van der Waals surface area contributed by atoms with Crippen LogP contribution >= 0.6 is 15.9 Å². The molecule has 0 saturated heterocycles. The van der Waals surface area contributed by atoms with E-state index in [9.17, 15) is 38.5 Å². The summed E-state index contributed by atoms with van der Waals surface area (Å²) >= 11 is 3.24. The van der Waals surface area contributed by atoms with Gasteiger partial charge in [0.25, 0.3) is 27.3 Å². The molecule has 0 fully saturated rings. The third-order valence-corrected chi connectivity index (χ3v) is 7.09. The van der Waals surface area contributed by atoms with Gasteiger partial charge in [0.1, 0.15) is 5.69 Å². The summed E-state index contributed by atoms with van der Waals surface area (Å²) in [6, 6.07) is 15.6. The number of amides is 1. The number of sulfonamides is 1. The molecule has 0 aromatic heterocycles. The zero-order chi connectivity index (χ0) is 27.6. The molecule has 4 aromatic carbocycles. The molecular formula is C23H14BrN5O8S. The molecule has 2 N–H and O–H groups in total. The standard InChI is InChI=1S/C23H14BrN5O8S/c24-14-5-7-17(8-6-14)38(36,37)27-20-12-21(22(30)19-4-2-1-3-18(19)20)25-26-23(31)13-9-15(28(32)33)11-16(10-13)29(34)35/h1-12,27,30H. The number of benzene rings is 4. The van der Waals surface area contributed by atoms with Crippen molar-refractivity contribution in [3.63, 3.8) is 0 Å². The molecule has 0 unspecified atom stereocenters. The number of carbonyl (C=O) groups excluding carboxylic acids is 1. The van der Waals surface area contributed by atoms with Gasteiger partial charge >= 0.3 is 0 Å². The van der Waals surface area contributed by atoms with E-state index in [1.54, 1.807) is 30.3 Å². The molecule has 38 heavy (non-hydrogen) atoms. The highest BCUT2D eigenvalue weighted by atomic mass is 79.9. The van der Waals surface area contributed by atoms with Crippen LogP contribution in [-0.2, 0) is 10.0 Å². The van der Waals surface area contributed by atoms with E-state index in [4.69, 9.17) is 0 Å². The Balaban J connectivity index is 1.75. The highest BCUT2D eigenvalue weighted by Crippen LogP contribution is 2.40. The predicted molar refractivity (Wildman–Crippen MR) is 139 cm³/mol. The molecule has 0 radical (unpaired) electrons. The molecule has 4 rings (SSSR count). The second-order valence-electron chi connectivity index (χ2n) is 7.65. The van der Waals surface area contributed by atoms with E-state index < -0.39 is 48.5 Å². The molecule has 0 atom stereocenters. The molecule has 0 saturated carbocycles. The lowest BCUT2D eigenvalue weighted by Crippen LogP contribution is -2.13. The number of rotatable bonds is 7. The van der Waals surface area contributed by atoms with Crippen molar-refractivity contribution in [1.82, 2.24) is 0 Å². The van der Waals surface area contributed by atoms with Crippen LogP contribution in [0.1, 0.15) is 10.4 Å². The molecule has 0 bridgehead atoms. The lowest BCUT2D eigenvalue weighted by Gasteiger charge is -2.13. The van der Waals surface area contributed by atoms with Crippen LogP contribution in [0.2, 0.25) is 0 Å². The van der Waals surface area contributed by atoms with E-state index in [-0.39, 0.29) is 21.7 Å². The Hall–Kier alpha value is -4.76. The Labute approximate surface area is 221 Å². The van der Waals surface area contributed by atoms with Crippen molar-refractivity contribution in [1.29, 1.82) is 0 Å². The zero-order valence-electron chi connectivity index (χ0n) is 18.8. The molecule has 4 aromatic rings. The number of nitro groups is 2. The number of aromatic hydroxyl groups is 1. The number of anilines is 1. The molecule has 0 aliphatic heterocycles. The predicted octanol–water partition coefficient (Wildman–Crippen LogP) is 5.85. The lowest BCUT2D eigenvalue weighted by molar-refractivity contribution is -0.394. The summed E-state index contributed by atoms with van der Waals surface area (Å²) in [5.41, 5.74) is -2.16. The maximum Gasteiger partial charge on any atom is 0.295 e. The normalized spacial score (nSPS) is 11.5. The van der Waals surface area contributed by atoms with Crippen LogP contribution in [-0.4, -0.2) is 29.3 Å². The van der Waals surface area contributed by atoms with Gasteiger partial charge in [-0.05, 0) is 30.3 Å². The van der Waals surface area contributed by atoms with E-state index in [1.807, 2.05) is 0 Å². The SMILES string of the molecule is O=C(N=Nc1cc(NS(=O)(=O)c2ccc(Br)cc2)c2ccccc2c1O)c1cc([N+](=O)[O-])cc([N+](=O)[O-])c1. The topological polar surface area (TPSA) is 194 Å². The van der Waals surface area contributed by atoms with Crippen molar-refractivity contribution < 1.29 is 28.2 Å². The lowest BCUT2D eigenvalue weighted by atomic mass is 10.1. The Morgan fingerprint density at radius 2 is 1.47 bits per heavy atom. The highest BCUT2D eigenvalue weighted by Gasteiger charge is 2.21. The van der Waals surface area contributed by atoms with Crippen LogP contribution in [0.25, 0.3) is 10.8 Å². The van der Waals surface area contributed by atoms with Crippen LogP contribution in [0.15, 0.2) is 92.4 Å². The summed E-state index contributed by atoms with van der Waals surface area (Å²) < 4.78 is 29.0. The van der Waals surface area contributed by atoms with Crippen molar-refractivity contribution in [3.05, 3.63) is 103 Å². The van der Waals surface area contributed by atoms with Crippen LogP contribution in [0.4, 0.5) is 22.7 Å². The Morgan fingerprint density at radius 1 is 0.895 bits per heavy atom. The average Bonchev–Trinajstić information content (AvgIpc) is 2.89. The first-order chi connectivity index (χ1) is 18.0. The van der Waals surface area contributed by atoms with Crippen LogP contribution in [0, 0.1) is 20.2 Å². The average molecular weight is 600 g/mol. The summed E-state index contributed by atoms with van der Waals surface area (Å²) in [6.45, 7) is 0. The monoisotopic (exact) mass is 599 g/mol. The Bertz CT molecular complexity index is 1730. The van der Waals surface area contributed by atoms with Crippen molar-refractivity contribution in [3.8, 4) is 5.75 Å². The fraction of sp³-hybridized carbons (Fsp3) is 0. The number of azo groups is 1. The van der Waals surface area contributed by atoms with Gasteiger partial charge in [-0.1, -0.05) is 40.2 Å². The third-order valence-electron chi connectivity index (χ3n) is 5.18. The summed E-state index contributed by atoms with van der Waals surface area (Å²) in [5, 5.41) is 40.6. The fourth-order valence-corrected chi connectivity index (χ4v) is 4.74. The van der Waals surface area contributed by atoms with E-state index in [2.05, 4.69) is 30.9 Å². The molecular weight excluding hydrogens is 586 g/mol. The third kappa shape index (κ3) is 5.47. The van der Waals surface area contributed by atoms with Gasteiger partial charge in [0.15, 0.2) is 5.75 Å². The quantitative estimate of drug-likeness (QED) is 0.114. The van der Waals surface area contributed by atoms with Gasteiger partial charge in [-0.2, -0.15) is 0 Å². The largest absolute Gasteiger partial charge is 0.505 e. The number of hydrogen-bond donors (Lipinski definition) is 2. The number of halogens is 1. The number of nitro benzene ring substituents is 2. The van der Waals surface area contributed by atoms with Crippen molar-refractivity contribution in [2.24, 2.45) is 10.2 Å². The number of hydrogen-bond acceptors (Lipinski definition) is 9. The van der Waals surface area contributed by atoms with Crippen molar-refractivity contribution in [2.45, 2.75) is 4.90 Å². The number of phenols is 1. The number of nitrogens with one attached hydrogen (secondary N) is 1. The van der Waals surface area contributed by atoms with Crippen LogP contribution < -0.4 is 4.72 Å². The molecule has 13 nitrogen and oxygen atoms in total. The van der Waals surface area contributed by atoms with E-state index >= 15 is 0 Å². The van der Waals surface area contributed by atoms with E-state index in [0.717, 1.165) is 18.2 Å². The minimum atomic E-state index is -4.07. The van der Waals surface area contributed by atoms with E-state index in [1.165, 1.54) is 18.2 Å². The zero-order valence-corrected chi connectivity index (χ0v) is 21.2. The van der Waals surface area contributed by atoms with Crippen molar-refractivity contribution in [2.75, 3.05) is 4.72 Å². The maximum absolute atomic E-state index is 13.0. The first kappa shape index (κ1) is 26.3. The molecule has 0 spiro atoms. The van der Waals surface area contributed by atoms with Crippen LogP contribution in [0.3, 0.4) is 0 Å². The minimum absolute atomic E-state index is 0.0219. The molecule has 0 aliphatic rings. The number of fused-ring (bicyclic) bond motifs is 1. The molecule has 0 heterocycles. The van der Waals surface area contributed by atoms with Gasteiger partial charge in [0.05, 0.1) is 32.1 Å². The fourth-order valence-electron chi connectivity index (χ4n) is 3.41. The number of nitrogens with zero attached hydrogens (tertiary/aromatic N) is 4. The highest BCUT2D eigenvalue weighted by molar-refractivity contribution is 9.10. The number of non-ortho nitro benzene ring substituents is 2. The molecule has 15 heteroatoms. The first-order valence-corrected chi connectivity index (χ1v) is 12.7. The summed E-state index contributed by atoms with van der Waals surface area (Å²) in [4.78, 5) is 32.9. The smallest absolute Gasteiger partial charge is 0.295 e. The van der Waals surface area contributed by atoms with E-state index in [0.29, 0.717) is 15.9 Å². The van der Waals surface area contributed by atoms with Gasteiger partial charge in [-0.3, -0.25) is 29.7 Å². The molecule has 192 valence electrons. The second-order valence-corrected chi connectivity index (χ2v) is 10.3. The Morgan fingerprint density at radius 3 is 2.05 bits per heavy atom. The van der Waals surface area contributed by atoms with Gasteiger partial charge < -0.3 is 5.11 Å². The van der Waals surface area contributed by atoms with Crippen LogP contribution in [0.5, 0.6) is 5.75 Å². The Kier molecular flexibility index (Phi) is 7.14. The molecule has 0 aliphatic carbocycles. The van der Waals surface area contributed by atoms with Crippen molar-refractivity contribution >= 4 is 65.4 Å². The maximum atomic E-state index is 13.0.